The van der Waals surface area contributed by atoms with Crippen LogP contribution in [0, 0.1) is 5.82 Å². The predicted octanol–water partition coefficient (Wildman–Crippen LogP) is 1.78. The maximum atomic E-state index is 13.6. The molecule has 0 spiro atoms. The number of hydrogen-bond acceptors (Lipinski definition) is 3. The van der Waals surface area contributed by atoms with Gasteiger partial charge in [-0.3, -0.25) is 4.79 Å². The van der Waals surface area contributed by atoms with E-state index in [2.05, 4.69) is 20.7 Å². The molecule has 1 unspecified atom stereocenters. The van der Waals surface area contributed by atoms with Gasteiger partial charge < -0.3 is 20.7 Å². The molecule has 0 aliphatic carbocycles. The van der Waals surface area contributed by atoms with Gasteiger partial charge in [0.05, 0.1) is 6.04 Å². The molecule has 1 aliphatic rings. The molecule has 126 valence electrons. The first kappa shape index (κ1) is 16.8. The number of ether oxygens (including phenoxy) is 1. The first-order valence-corrected chi connectivity index (χ1v) is 6.56. The summed E-state index contributed by atoms with van der Waals surface area (Å²) in [5.41, 5.74) is 0.0386. The lowest BCUT2D eigenvalue weighted by Gasteiger charge is -2.13. The summed E-state index contributed by atoms with van der Waals surface area (Å²) in [6.07, 6.45) is -4.43. The number of benzene rings is 1. The Morgan fingerprint density at radius 3 is 2.70 bits per heavy atom. The number of nitrogens with one attached hydrogen (secondary N) is 3. The number of rotatable bonds is 4. The fourth-order valence-corrected chi connectivity index (χ4v) is 1.92. The Kier molecular flexibility index (Phi) is 4.92. The summed E-state index contributed by atoms with van der Waals surface area (Å²) in [7, 11) is 0. The van der Waals surface area contributed by atoms with Crippen LogP contribution in [-0.4, -0.2) is 37.3 Å². The number of carbonyl (C=O) groups is 2. The van der Waals surface area contributed by atoms with Gasteiger partial charge in [0.2, 0.25) is 5.91 Å². The molecule has 2 rings (SSSR count). The van der Waals surface area contributed by atoms with Crippen LogP contribution in [0.15, 0.2) is 18.2 Å². The summed E-state index contributed by atoms with van der Waals surface area (Å²) in [4.78, 5) is 22.6. The minimum Gasteiger partial charge on any atom is -0.481 e. The molecule has 1 atom stereocenters. The van der Waals surface area contributed by atoms with E-state index in [1.54, 1.807) is 0 Å². The van der Waals surface area contributed by atoms with Gasteiger partial charge in [0.25, 0.3) is 0 Å². The molecule has 6 nitrogen and oxygen atoms in total. The third-order valence-electron chi connectivity index (χ3n) is 2.89. The molecule has 0 bridgehead atoms. The fraction of sp³-hybridized carbons (Fsp3) is 0.385. The predicted molar refractivity (Wildman–Crippen MR) is 71.5 cm³/mol. The second-order valence-electron chi connectivity index (χ2n) is 4.85. The first-order chi connectivity index (χ1) is 10.7. The van der Waals surface area contributed by atoms with E-state index >= 15 is 0 Å². The molecule has 1 heterocycles. The summed E-state index contributed by atoms with van der Waals surface area (Å²) in [6, 6.07) is 1.99. The Balaban J connectivity index is 1.89. The molecule has 3 amide bonds. The van der Waals surface area contributed by atoms with Gasteiger partial charge in [-0.05, 0) is 12.1 Å². The van der Waals surface area contributed by atoms with E-state index in [-0.39, 0.29) is 24.1 Å². The summed E-state index contributed by atoms with van der Waals surface area (Å²) < 4.78 is 53.9. The SMILES string of the molecule is O=C1CC(NC(=O)Nc2ccc(OCC(F)(F)F)c(F)c2)CN1. The van der Waals surface area contributed by atoms with Crippen LogP contribution in [0.2, 0.25) is 0 Å². The number of hydrogen-bond donors (Lipinski definition) is 3. The number of urea groups is 1. The second kappa shape index (κ2) is 6.71. The Labute approximate surface area is 128 Å². The Morgan fingerprint density at radius 2 is 2.13 bits per heavy atom. The topological polar surface area (TPSA) is 79.5 Å². The van der Waals surface area contributed by atoms with Gasteiger partial charge in [0.15, 0.2) is 18.2 Å². The normalized spacial score (nSPS) is 17.6. The van der Waals surface area contributed by atoms with Crippen molar-refractivity contribution < 1.29 is 31.9 Å². The van der Waals surface area contributed by atoms with Gasteiger partial charge in [-0.25, -0.2) is 9.18 Å². The Bertz CT molecular complexity index is 607. The van der Waals surface area contributed by atoms with E-state index in [1.807, 2.05) is 0 Å². The molecule has 1 aromatic carbocycles. The lowest BCUT2D eigenvalue weighted by Crippen LogP contribution is -2.39. The van der Waals surface area contributed by atoms with Crippen LogP contribution in [0.1, 0.15) is 6.42 Å². The largest absolute Gasteiger partial charge is 0.481 e. The zero-order valence-electron chi connectivity index (χ0n) is 11.7. The maximum absolute atomic E-state index is 13.6. The third kappa shape index (κ3) is 5.31. The standard InChI is InChI=1S/C13H13F4N3O3/c14-9-3-7(1-2-10(9)23-6-13(15,16)17)19-12(22)20-8-4-11(21)18-5-8/h1-3,8H,4-6H2,(H,18,21)(H2,19,20,22). The van der Waals surface area contributed by atoms with Crippen LogP contribution in [0.25, 0.3) is 0 Å². The van der Waals surface area contributed by atoms with Crippen molar-refractivity contribution in [3.8, 4) is 5.75 Å². The number of carbonyl (C=O) groups excluding carboxylic acids is 2. The van der Waals surface area contributed by atoms with Gasteiger partial charge in [-0.1, -0.05) is 0 Å². The van der Waals surface area contributed by atoms with E-state index in [1.165, 1.54) is 6.07 Å². The number of halogens is 4. The minimum absolute atomic E-state index is 0.0386. The lowest BCUT2D eigenvalue weighted by atomic mass is 10.2. The van der Waals surface area contributed by atoms with Crippen molar-refractivity contribution >= 4 is 17.6 Å². The van der Waals surface area contributed by atoms with Crippen LogP contribution in [0.3, 0.4) is 0 Å². The van der Waals surface area contributed by atoms with Crippen molar-refractivity contribution in [2.24, 2.45) is 0 Å². The van der Waals surface area contributed by atoms with Crippen LogP contribution >= 0.6 is 0 Å². The van der Waals surface area contributed by atoms with Crippen molar-refractivity contribution in [2.45, 2.75) is 18.6 Å². The number of amides is 3. The highest BCUT2D eigenvalue weighted by molar-refractivity contribution is 5.90. The molecule has 0 saturated carbocycles. The van der Waals surface area contributed by atoms with Gasteiger partial charge in [-0.15, -0.1) is 0 Å². The Hall–Kier alpha value is -2.52. The molecular formula is C13H13F4N3O3. The molecule has 1 aromatic rings. The molecule has 23 heavy (non-hydrogen) atoms. The van der Waals surface area contributed by atoms with Crippen molar-refractivity contribution in [2.75, 3.05) is 18.5 Å². The summed E-state index contributed by atoms with van der Waals surface area (Å²) in [5.74, 6) is -1.80. The molecule has 1 fully saturated rings. The van der Waals surface area contributed by atoms with Crippen LogP contribution in [0.4, 0.5) is 28.0 Å². The maximum Gasteiger partial charge on any atom is 0.422 e. The van der Waals surface area contributed by atoms with Crippen molar-refractivity contribution in [3.63, 3.8) is 0 Å². The highest BCUT2D eigenvalue weighted by Crippen LogP contribution is 2.24. The average molecular weight is 335 g/mol. The zero-order valence-corrected chi connectivity index (χ0v) is 11.7. The molecule has 1 aliphatic heterocycles. The van der Waals surface area contributed by atoms with E-state index in [9.17, 15) is 27.2 Å². The molecule has 1 saturated heterocycles. The molecule has 10 heteroatoms. The van der Waals surface area contributed by atoms with E-state index in [0.29, 0.717) is 6.54 Å². The third-order valence-corrected chi connectivity index (χ3v) is 2.89. The summed E-state index contributed by atoms with van der Waals surface area (Å²) >= 11 is 0. The van der Waals surface area contributed by atoms with Gasteiger partial charge in [0.1, 0.15) is 0 Å². The van der Waals surface area contributed by atoms with Crippen molar-refractivity contribution in [3.05, 3.63) is 24.0 Å². The smallest absolute Gasteiger partial charge is 0.422 e. The highest BCUT2D eigenvalue weighted by Gasteiger charge is 2.29. The lowest BCUT2D eigenvalue weighted by molar-refractivity contribution is -0.153. The molecule has 0 radical (unpaired) electrons. The van der Waals surface area contributed by atoms with E-state index < -0.39 is 30.4 Å². The Morgan fingerprint density at radius 1 is 1.39 bits per heavy atom. The van der Waals surface area contributed by atoms with Crippen LogP contribution in [0.5, 0.6) is 5.75 Å². The van der Waals surface area contributed by atoms with Gasteiger partial charge in [-0.2, -0.15) is 13.2 Å². The minimum atomic E-state index is -4.57. The number of alkyl halides is 3. The number of anilines is 1. The van der Waals surface area contributed by atoms with Gasteiger partial charge >= 0.3 is 12.2 Å². The summed E-state index contributed by atoms with van der Waals surface area (Å²) in [5, 5.41) is 7.35. The summed E-state index contributed by atoms with van der Waals surface area (Å²) in [6.45, 7) is -1.31. The van der Waals surface area contributed by atoms with E-state index in [0.717, 1.165) is 12.1 Å². The average Bonchev–Trinajstić information content (AvgIpc) is 2.82. The second-order valence-corrected chi connectivity index (χ2v) is 4.85. The first-order valence-electron chi connectivity index (χ1n) is 6.56. The van der Waals surface area contributed by atoms with E-state index in [4.69, 9.17) is 0 Å². The zero-order chi connectivity index (χ0) is 17.0. The van der Waals surface area contributed by atoms with Crippen molar-refractivity contribution in [1.29, 1.82) is 0 Å². The quantitative estimate of drug-likeness (QED) is 0.734. The van der Waals surface area contributed by atoms with Crippen LogP contribution < -0.4 is 20.7 Å². The van der Waals surface area contributed by atoms with Gasteiger partial charge in [0, 0.05) is 24.7 Å². The fourth-order valence-electron chi connectivity index (χ4n) is 1.92. The van der Waals surface area contributed by atoms with Crippen molar-refractivity contribution in [1.82, 2.24) is 10.6 Å². The monoisotopic (exact) mass is 335 g/mol. The molecule has 3 N–H and O–H groups in total. The molecule has 0 aromatic heterocycles. The van der Waals surface area contributed by atoms with Crippen LogP contribution in [-0.2, 0) is 4.79 Å². The highest BCUT2D eigenvalue weighted by atomic mass is 19.4. The molecular weight excluding hydrogens is 322 g/mol.